The van der Waals surface area contributed by atoms with E-state index in [2.05, 4.69) is 24.3 Å². The van der Waals surface area contributed by atoms with Crippen molar-refractivity contribution in [3.63, 3.8) is 0 Å². The number of hydrogen-bond donors (Lipinski definition) is 0. The minimum absolute atomic E-state index is 0.667. The predicted octanol–water partition coefficient (Wildman–Crippen LogP) is 4.39. The normalized spacial score (nSPS) is 10.4. The summed E-state index contributed by atoms with van der Waals surface area (Å²) < 4.78 is 10.8. The van der Waals surface area contributed by atoms with Gasteiger partial charge in [-0.15, -0.1) is 11.8 Å². The lowest BCUT2D eigenvalue weighted by molar-refractivity contribution is 0.122. The zero-order valence-corrected chi connectivity index (χ0v) is 12.6. The predicted molar refractivity (Wildman–Crippen MR) is 84.4 cm³/mol. The molecule has 0 aliphatic rings. The number of methoxy groups -OCH3 is 1. The number of benzene rings is 2. The van der Waals surface area contributed by atoms with Gasteiger partial charge in [0.25, 0.3) is 0 Å². The van der Waals surface area contributed by atoms with E-state index in [-0.39, 0.29) is 0 Å². The third-order valence-corrected chi connectivity index (χ3v) is 3.97. The SMILES string of the molecule is COc1ccc(COCCCSc2ccccc2)cc1. The van der Waals surface area contributed by atoms with E-state index >= 15 is 0 Å². The van der Waals surface area contributed by atoms with Gasteiger partial charge in [-0.1, -0.05) is 30.3 Å². The molecule has 0 amide bonds. The maximum absolute atomic E-state index is 5.68. The van der Waals surface area contributed by atoms with Gasteiger partial charge in [0.2, 0.25) is 0 Å². The molecule has 0 aliphatic carbocycles. The van der Waals surface area contributed by atoms with Crippen molar-refractivity contribution in [1.29, 1.82) is 0 Å². The largest absolute Gasteiger partial charge is 0.497 e. The molecule has 0 unspecified atom stereocenters. The van der Waals surface area contributed by atoms with Crippen LogP contribution in [-0.4, -0.2) is 19.5 Å². The molecule has 2 rings (SSSR count). The Morgan fingerprint density at radius 1 is 0.950 bits per heavy atom. The standard InChI is InChI=1S/C17H20O2S/c1-18-16-10-8-15(9-11-16)14-19-12-5-13-20-17-6-3-2-4-7-17/h2-4,6-11H,5,12-14H2,1H3. The first kappa shape index (κ1) is 14.9. The molecule has 2 aromatic carbocycles. The monoisotopic (exact) mass is 288 g/mol. The van der Waals surface area contributed by atoms with E-state index in [1.807, 2.05) is 42.1 Å². The Morgan fingerprint density at radius 2 is 1.70 bits per heavy atom. The second kappa shape index (κ2) is 8.67. The summed E-state index contributed by atoms with van der Waals surface area (Å²) >= 11 is 1.88. The van der Waals surface area contributed by atoms with Gasteiger partial charge in [0.15, 0.2) is 0 Å². The Morgan fingerprint density at radius 3 is 2.40 bits per heavy atom. The Hall–Kier alpha value is -1.45. The molecule has 0 spiro atoms. The molecule has 0 saturated carbocycles. The third kappa shape index (κ3) is 5.27. The molecule has 0 aliphatic heterocycles. The van der Waals surface area contributed by atoms with E-state index in [1.54, 1.807) is 7.11 Å². The Bertz CT molecular complexity index is 482. The fourth-order valence-corrected chi connectivity index (χ4v) is 2.63. The fourth-order valence-electron chi connectivity index (χ4n) is 1.78. The van der Waals surface area contributed by atoms with Crippen LogP contribution in [0.4, 0.5) is 0 Å². The van der Waals surface area contributed by atoms with E-state index in [9.17, 15) is 0 Å². The van der Waals surface area contributed by atoms with Crippen LogP contribution in [0.3, 0.4) is 0 Å². The summed E-state index contributed by atoms with van der Waals surface area (Å²) in [5, 5.41) is 0. The molecule has 0 saturated heterocycles. The summed E-state index contributed by atoms with van der Waals surface area (Å²) in [5.41, 5.74) is 1.18. The van der Waals surface area contributed by atoms with Gasteiger partial charge in [-0.3, -0.25) is 0 Å². The van der Waals surface area contributed by atoms with E-state index < -0.39 is 0 Å². The number of rotatable bonds is 8. The van der Waals surface area contributed by atoms with Crippen LogP contribution in [0, 0.1) is 0 Å². The maximum atomic E-state index is 5.68. The van der Waals surface area contributed by atoms with Gasteiger partial charge in [-0.25, -0.2) is 0 Å². The van der Waals surface area contributed by atoms with Gasteiger partial charge in [0.1, 0.15) is 5.75 Å². The summed E-state index contributed by atoms with van der Waals surface area (Å²) in [6.45, 7) is 1.46. The van der Waals surface area contributed by atoms with Crippen molar-refractivity contribution in [2.45, 2.75) is 17.9 Å². The summed E-state index contributed by atoms with van der Waals surface area (Å²) in [6, 6.07) is 18.5. The van der Waals surface area contributed by atoms with Crippen LogP contribution in [0.5, 0.6) is 5.75 Å². The smallest absolute Gasteiger partial charge is 0.118 e. The maximum Gasteiger partial charge on any atom is 0.118 e. The van der Waals surface area contributed by atoms with Gasteiger partial charge >= 0.3 is 0 Å². The summed E-state index contributed by atoms with van der Waals surface area (Å²) in [4.78, 5) is 1.32. The van der Waals surface area contributed by atoms with Gasteiger partial charge in [0, 0.05) is 17.3 Å². The van der Waals surface area contributed by atoms with E-state index in [0.717, 1.165) is 24.5 Å². The topological polar surface area (TPSA) is 18.5 Å². The van der Waals surface area contributed by atoms with Crippen LogP contribution in [0.25, 0.3) is 0 Å². The van der Waals surface area contributed by atoms with Gasteiger partial charge in [0.05, 0.1) is 13.7 Å². The van der Waals surface area contributed by atoms with Gasteiger partial charge in [-0.05, 0) is 36.2 Å². The first-order valence-electron chi connectivity index (χ1n) is 6.77. The average Bonchev–Trinajstić information content (AvgIpc) is 2.52. The first-order chi connectivity index (χ1) is 9.88. The summed E-state index contributed by atoms with van der Waals surface area (Å²) in [6.07, 6.45) is 1.07. The molecule has 3 heteroatoms. The Labute approximate surface area is 125 Å². The molecule has 0 heterocycles. The van der Waals surface area contributed by atoms with Crippen LogP contribution in [0.15, 0.2) is 59.5 Å². The van der Waals surface area contributed by atoms with E-state index in [4.69, 9.17) is 9.47 Å². The van der Waals surface area contributed by atoms with Gasteiger partial charge < -0.3 is 9.47 Å². The van der Waals surface area contributed by atoms with Gasteiger partial charge in [-0.2, -0.15) is 0 Å². The number of hydrogen-bond acceptors (Lipinski definition) is 3. The second-order valence-corrected chi connectivity index (χ2v) is 5.58. The van der Waals surface area contributed by atoms with Crippen LogP contribution < -0.4 is 4.74 Å². The molecule has 0 aromatic heterocycles. The average molecular weight is 288 g/mol. The van der Waals surface area contributed by atoms with Crippen LogP contribution >= 0.6 is 11.8 Å². The van der Waals surface area contributed by atoms with Crippen molar-refractivity contribution in [3.8, 4) is 5.75 Å². The van der Waals surface area contributed by atoms with Crippen molar-refractivity contribution in [3.05, 3.63) is 60.2 Å². The molecular weight excluding hydrogens is 268 g/mol. The minimum atomic E-state index is 0.667. The molecule has 106 valence electrons. The fraction of sp³-hybridized carbons (Fsp3) is 0.294. The highest BCUT2D eigenvalue weighted by Gasteiger charge is 1.96. The lowest BCUT2D eigenvalue weighted by Gasteiger charge is -2.05. The molecule has 0 N–H and O–H groups in total. The lowest BCUT2D eigenvalue weighted by atomic mass is 10.2. The van der Waals surface area contributed by atoms with Crippen molar-refractivity contribution >= 4 is 11.8 Å². The van der Waals surface area contributed by atoms with Crippen LogP contribution in [0.1, 0.15) is 12.0 Å². The highest BCUT2D eigenvalue weighted by atomic mass is 32.2. The van der Waals surface area contributed by atoms with E-state index in [0.29, 0.717) is 6.61 Å². The summed E-state index contributed by atoms with van der Waals surface area (Å²) in [7, 11) is 1.68. The molecule has 2 aromatic rings. The number of ether oxygens (including phenoxy) is 2. The molecular formula is C17H20O2S. The molecule has 0 bridgehead atoms. The first-order valence-corrected chi connectivity index (χ1v) is 7.75. The third-order valence-electron chi connectivity index (χ3n) is 2.87. The quantitative estimate of drug-likeness (QED) is 0.530. The molecule has 2 nitrogen and oxygen atoms in total. The second-order valence-electron chi connectivity index (χ2n) is 4.42. The van der Waals surface area contributed by atoms with Crippen molar-refractivity contribution in [2.24, 2.45) is 0 Å². The minimum Gasteiger partial charge on any atom is -0.497 e. The molecule has 0 atom stereocenters. The van der Waals surface area contributed by atoms with E-state index in [1.165, 1.54) is 10.5 Å². The Kier molecular flexibility index (Phi) is 6.48. The molecule has 0 fully saturated rings. The van der Waals surface area contributed by atoms with Crippen LogP contribution in [0.2, 0.25) is 0 Å². The number of thioether (sulfide) groups is 1. The zero-order chi connectivity index (χ0) is 14.0. The van der Waals surface area contributed by atoms with Crippen molar-refractivity contribution in [1.82, 2.24) is 0 Å². The van der Waals surface area contributed by atoms with Crippen molar-refractivity contribution in [2.75, 3.05) is 19.5 Å². The summed E-state index contributed by atoms with van der Waals surface area (Å²) in [5.74, 6) is 1.97. The Balaban J connectivity index is 1.57. The highest BCUT2D eigenvalue weighted by molar-refractivity contribution is 7.99. The van der Waals surface area contributed by atoms with Crippen molar-refractivity contribution < 1.29 is 9.47 Å². The highest BCUT2D eigenvalue weighted by Crippen LogP contribution is 2.17. The molecule has 20 heavy (non-hydrogen) atoms. The molecule has 0 radical (unpaired) electrons. The lowest BCUT2D eigenvalue weighted by Crippen LogP contribution is -1.97. The van der Waals surface area contributed by atoms with Crippen LogP contribution in [-0.2, 0) is 11.3 Å². The zero-order valence-electron chi connectivity index (χ0n) is 11.7.